The van der Waals surface area contributed by atoms with E-state index in [1.807, 2.05) is 12.1 Å². The average Bonchev–Trinajstić information content (AvgIpc) is 2.87. The number of benzene rings is 3. The van der Waals surface area contributed by atoms with Crippen LogP contribution in [0.25, 0.3) is 10.9 Å². The minimum absolute atomic E-state index is 0.188. The van der Waals surface area contributed by atoms with Gasteiger partial charge in [-0.3, -0.25) is 0 Å². The Labute approximate surface area is 214 Å². The third kappa shape index (κ3) is 6.13. The van der Waals surface area contributed by atoms with Gasteiger partial charge in [-0.15, -0.1) is 11.8 Å². The molecule has 1 N–H and O–H groups in total. The lowest BCUT2D eigenvalue weighted by Crippen LogP contribution is -2.40. The van der Waals surface area contributed by atoms with Gasteiger partial charge in [0.2, 0.25) is 0 Å². The highest BCUT2D eigenvalue weighted by atomic mass is 32.2. The fourth-order valence-electron chi connectivity index (χ4n) is 4.93. The molecule has 0 aliphatic carbocycles. The maximum absolute atomic E-state index is 12.6. The molecule has 0 spiro atoms. The first-order valence-electron chi connectivity index (χ1n) is 12.3. The highest BCUT2D eigenvalue weighted by Gasteiger charge is 2.40. The molecule has 0 saturated carbocycles. The summed E-state index contributed by atoms with van der Waals surface area (Å²) in [5.41, 5.74) is 4.76. The van der Waals surface area contributed by atoms with Gasteiger partial charge in [-0.25, -0.2) is 4.98 Å². The van der Waals surface area contributed by atoms with Gasteiger partial charge in [-0.05, 0) is 81.4 Å². The van der Waals surface area contributed by atoms with Crippen molar-refractivity contribution < 1.29 is 5.11 Å². The molecule has 2 atom stereocenters. The first kappa shape index (κ1) is 25.4. The first-order valence-corrected chi connectivity index (χ1v) is 13.5. The van der Waals surface area contributed by atoms with Gasteiger partial charge in [0.15, 0.2) is 0 Å². The van der Waals surface area contributed by atoms with E-state index < -0.39 is 5.60 Å². The zero-order valence-corrected chi connectivity index (χ0v) is 22.1. The van der Waals surface area contributed by atoms with Gasteiger partial charge in [0.1, 0.15) is 5.03 Å². The Morgan fingerprint density at radius 3 is 2.26 bits per heavy atom. The fourth-order valence-corrected chi connectivity index (χ4v) is 5.53. The molecule has 1 heterocycles. The lowest BCUT2D eigenvalue weighted by Gasteiger charge is -2.39. The summed E-state index contributed by atoms with van der Waals surface area (Å²) < 4.78 is 0. The van der Waals surface area contributed by atoms with Gasteiger partial charge in [0.05, 0.1) is 11.1 Å². The minimum atomic E-state index is -0.939. The maximum Gasteiger partial charge on any atom is 0.100 e. The predicted octanol–water partition coefficient (Wildman–Crippen LogP) is 6.71. The number of nitrogens with zero attached hydrogens (tertiary/aromatic N) is 2. The number of hydrogen-bond donors (Lipinski definition) is 1. The third-order valence-corrected chi connectivity index (χ3v) is 7.53. The van der Waals surface area contributed by atoms with Crippen LogP contribution in [0, 0.1) is 6.92 Å². The fraction of sp³-hybridized carbons (Fsp3) is 0.323. The van der Waals surface area contributed by atoms with Crippen LogP contribution in [0.2, 0.25) is 0 Å². The summed E-state index contributed by atoms with van der Waals surface area (Å²) in [6.45, 7) is 2.92. The van der Waals surface area contributed by atoms with E-state index >= 15 is 0 Å². The molecular formula is C31H36N2OS. The average molecular weight is 485 g/mol. The molecule has 0 radical (unpaired) electrons. The molecule has 0 saturated heterocycles. The molecule has 0 aliphatic rings. The van der Waals surface area contributed by atoms with Gasteiger partial charge >= 0.3 is 0 Å². The van der Waals surface area contributed by atoms with Crippen molar-refractivity contribution in [2.24, 2.45) is 0 Å². The van der Waals surface area contributed by atoms with Crippen molar-refractivity contribution in [3.05, 3.63) is 107 Å². The molecule has 0 aliphatic heterocycles. The van der Waals surface area contributed by atoms with Crippen LogP contribution in [0.5, 0.6) is 0 Å². The first-order chi connectivity index (χ1) is 16.9. The zero-order chi connectivity index (χ0) is 24.8. The summed E-state index contributed by atoms with van der Waals surface area (Å²) >= 11 is 1.66. The summed E-state index contributed by atoms with van der Waals surface area (Å²) in [7, 11) is 4.14. The van der Waals surface area contributed by atoms with Gasteiger partial charge < -0.3 is 10.0 Å². The second-order valence-electron chi connectivity index (χ2n) is 9.77. The molecule has 1 aromatic heterocycles. The van der Waals surface area contributed by atoms with E-state index in [1.54, 1.807) is 11.8 Å². The molecule has 0 fully saturated rings. The Kier molecular flexibility index (Phi) is 8.27. The van der Waals surface area contributed by atoms with Crippen molar-refractivity contribution >= 4 is 22.7 Å². The van der Waals surface area contributed by atoms with Crippen LogP contribution in [-0.4, -0.2) is 47.5 Å². The molecule has 35 heavy (non-hydrogen) atoms. The van der Waals surface area contributed by atoms with E-state index in [4.69, 9.17) is 4.98 Å². The Bertz CT molecular complexity index is 1240. The van der Waals surface area contributed by atoms with E-state index in [9.17, 15) is 5.11 Å². The number of rotatable bonds is 10. The van der Waals surface area contributed by atoms with E-state index in [0.717, 1.165) is 40.0 Å². The second-order valence-corrected chi connectivity index (χ2v) is 10.6. The molecule has 4 aromatic rings. The maximum atomic E-state index is 12.6. The quantitative estimate of drug-likeness (QED) is 0.254. The van der Waals surface area contributed by atoms with Crippen molar-refractivity contribution in [2.45, 2.75) is 42.7 Å². The summed E-state index contributed by atoms with van der Waals surface area (Å²) in [5.74, 6) is -0.188. The van der Waals surface area contributed by atoms with E-state index in [-0.39, 0.29) is 5.92 Å². The molecular weight excluding hydrogens is 448 g/mol. The van der Waals surface area contributed by atoms with Crippen LogP contribution in [0.4, 0.5) is 0 Å². The van der Waals surface area contributed by atoms with Gasteiger partial charge in [0, 0.05) is 17.8 Å². The van der Waals surface area contributed by atoms with Crippen LogP contribution in [0.15, 0.2) is 90.0 Å². The number of hydrogen-bond acceptors (Lipinski definition) is 4. The van der Waals surface area contributed by atoms with Crippen LogP contribution >= 0.6 is 11.8 Å². The molecule has 2 unspecified atom stereocenters. The number of aryl methyl sites for hydroxylation is 2. The van der Waals surface area contributed by atoms with Crippen molar-refractivity contribution in [1.29, 1.82) is 0 Å². The number of fused-ring (bicyclic) bond motifs is 1. The van der Waals surface area contributed by atoms with E-state index in [2.05, 4.69) is 105 Å². The number of aromatic nitrogens is 1. The summed E-state index contributed by atoms with van der Waals surface area (Å²) in [6.07, 6.45) is 4.25. The molecule has 4 heteroatoms. The molecule has 0 bridgehead atoms. The van der Waals surface area contributed by atoms with Crippen LogP contribution < -0.4 is 0 Å². The lowest BCUT2D eigenvalue weighted by atomic mass is 9.73. The number of pyridine rings is 1. The highest BCUT2D eigenvalue weighted by Crippen LogP contribution is 2.44. The minimum Gasteiger partial charge on any atom is -0.389 e. The largest absolute Gasteiger partial charge is 0.389 e. The van der Waals surface area contributed by atoms with E-state index in [1.165, 1.54) is 11.1 Å². The molecule has 182 valence electrons. The van der Waals surface area contributed by atoms with Crippen molar-refractivity contribution in [2.75, 3.05) is 26.9 Å². The zero-order valence-electron chi connectivity index (χ0n) is 21.2. The lowest BCUT2D eigenvalue weighted by molar-refractivity contribution is 0.000696. The Hall–Kier alpha value is -2.66. The van der Waals surface area contributed by atoms with E-state index in [0.29, 0.717) is 12.8 Å². The summed E-state index contributed by atoms with van der Waals surface area (Å²) in [4.78, 5) is 7.21. The molecule has 3 nitrogen and oxygen atoms in total. The van der Waals surface area contributed by atoms with Gasteiger partial charge in [-0.1, -0.05) is 72.3 Å². The Balaban J connectivity index is 1.87. The van der Waals surface area contributed by atoms with Crippen LogP contribution in [0.1, 0.15) is 41.0 Å². The van der Waals surface area contributed by atoms with Crippen LogP contribution in [-0.2, 0) is 6.42 Å². The third-order valence-electron chi connectivity index (χ3n) is 6.82. The molecule has 3 aromatic carbocycles. The standard InChI is InChI=1S/C31H36N2OS/c1-23-15-16-28-26(21-23)22-27(30(32-28)35-4)29(25-13-9-6-10-14-25)31(34,19-20-33(2)3)18-17-24-11-7-5-8-12-24/h5-16,21-22,29,34H,17-20H2,1-4H3. The second kappa shape index (κ2) is 11.4. The SMILES string of the molecule is CSc1nc2ccc(C)cc2cc1C(c1ccccc1)C(O)(CCc1ccccc1)CCN(C)C. The predicted molar refractivity (Wildman–Crippen MR) is 149 cm³/mol. The number of aliphatic hydroxyl groups is 1. The van der Waals surface area contributed by atoms with Gasteiger partial charge in [-0.2, -0.15) is 0 Å². The van der Waals surface area contributed by atoms with Gasteiger partial charge in [0.25, 0.3) is 0 Å². The summed E-state index contributed by atoms with van der Waals surface area (Å²) in [6, 6.07) is 29.7. The molecule has 0 amide bonds. The van der Waals surface area contributed by atoms with Crippen molar-refractivity contribution in [1.82, 2.24) is 9.88 Å². The topological polar surface area (TPSA) is 36.4 Å². The number of thioether (sulfide) groups is 1. The Morgan fingerprint density at radius 1 is 0.914 bits per heavy atom. The highest BCUT2D eigenvalue weighted by molar-refractivity contribution is 7.98. The normalized spacial score (nSPS) is 14.2. The smallest absolute Gasteiger partial charge is 0.100 e. The molecule has 4 rings (SSSR count). The van der Waals surface area contributed by atoms with Crippen molar-refractivity contribution in [3.63, 3.8) is 0 Å². The Morgan fingerprint density at radius 2 is 1.60 bits per heavy atom. The van der Waals surface area contributed by atoms with Crippen molar-refractivity contribution in [3.8, 4) is 0 Å². The monoisotopic (exact) mass is 484 g/mol. The summed E-state index contributed by atoms with van der Waals surface area (Å²) in [5, 5.41) is 14.7. The van der Waals surface area contributed by atoms with Crippen LogP contribution in [0.3, 0.4) is 0 Å².